The van der Waals surface area contributed by atoms with Gasteiger partial charge in [0.1, 0.15) is 6.07 Å². The van der Waals surface area contributed by atoms with Crippen LogP contribution in [0.3, 0.4) is 0 Å². The molecule has 2 bridgehead atoms. The molecule has 94 valence electrons. The van der Waals surface area contributed by atoms with Crippen LogP contribution in [0.2, 0.25) is 0 Å². The van der Waals surface area contributed by atoms with Crippen molar-refractivity contribution in [1.29, 1.82) is 5.26 Å². The van der Waals surface area contributed by atoms with Crippen molar-refractivity contribution >= 4 is 21.6 Å². The second-order valence-electron chi connectivity index (χ2n) is 5.16. The van der Waals surface area contributed by atoms with Crippen LogP contribution >= 0.6 is 15.9 Å². The molecule has 3 aliphatic heterocycles. The van der Waals surface area contributed by atoms with Crippen LogP contribution in [0.5, 0.6) is 0 Å². The van der Waals surface area contributed by atoms with Crippen LogP contribution in [0.25, 0.3) is 0 Å². The van der Waals surface area contributed by atoms with Gasteiger partial charge in [0, 0.05) is 17.1 Å². The highest BCUT2D eigenvalue weighted by Crippen LogP contribution is 2.31. The van der Waals surface area contributed by atoms with Gasteiger partial charge in [0.15, 0.2) is 0 Å². The first-order valence-electron chi connectivity index (χ1n) is 6.45. The monoisotopic (exact) mass is 305 g/mol. The van der Waals surface area contributed by atoms with E-state index in [0.717, 1.165) is 22.6 Å². The van der Waals surface area contributed by atoms with E-state index in [9.17, 15) is 5.26 Å². The average molecular weight is 306 g/mol. The molecule has 3 nitrogen and oxygen atoms in total. The van der Waals surface area contributed by atoms with Gasteiger partial charge in [-0.15, -0.1) is 0 Å². The van der Waals surface area contributed by atoms with Crippen molar-refractivity contribution in [2.24, 2.45) is 5.92 Å². The summed E-state index contributed by atoms with van der Waals surface area (Å²) in [5.74, 6) is 0.764. The van der Waals surface area contributed by atoms with Gasteiger partial charge in [-0.05, 0) is 59.9 Å². The van der Waals surface area contributed by atoms with Gasteiger partial charge in [-0.25, -0.2) is 0 Å². The lowest BCUT2D eigenvalue weighted by atomic mass is 9.84. The number of hydrogen-bond acceptors (Lipinski definition) is 3. The van der Waals surface area contributed by atoms with Gasteiger partial charge >= 0.3 is 0 Å². The predicted molar refractivity (Wildman–Crippen MR) is 75.4 cm³/mol. The van der Waals surface area contributed by atoms with Gasteiger partial charge < -0.3 is 10.2 Å². The summed E-state index contributed by atoms with van der Waals surface area (Å²) in [5, 5.41) is 12.8. The number of halogens is 1. The molecule has 3 heterocycles. The Hall–Kier alpha value is -1.05. The van der Waals surface area contributed by atoms with Gasteiger partial charge in [-0.2, -0.15) is 5.26 Å². The molecular weight excluding hydrogens is 290 g/mol. The molecule has 4 rings (SSSR count). The van der Waals surface area contributed by atoms with E-state index in [4.69, 9.17) is 0 Å². The summed E-state index contributed by atoms with van der Waals surface area (Å²) in [6.07, 6.45) is 2.57. The van der Waals surface area contributed by atoms with Crippen molar-refractivity contribution in [1.82, 2.24) is 4.90 Å². The Kier molecular flexibility index (Phi) is 3.27. The summed E-state index contributed by atoms with van der Waals surface area (Å²) in [6.45, 7) is 3.60. The fourth-order valence-electron chi connectivity index (χ4n) is 3.09. The van der Waals surface area contributed by atoms with Crippen molar-refractivity contribution < 1.29 is 0 Å². The van der Waals surface area contributed by atoms with Crippen LogP contribution in [0.15, 0.2) is 22.7 Å². The summed E-state index contributed by atoms with van der Waals surface area (Å²) in [6, 6.07) is 8.67. The van der Waals surface area contributed by atoms with E-state index < -0.39 is 0 Å². The van der Waals surface area contributed by atoms with Gasteiger partial charge in [0.25, 0.3) is 0 Å². The van der Waals surface area contributed by atoms with Crippen LogP contribution in [0.4, 0.5) is 5.69 Å². The normalized spacial score (nSPS) is 29.9. The standard InChI is InChI=1S/C14H16BrN3/c15-12-2-1-3-13(11(12)8-16)17-14-9-18-6-4-10(14)5-7-18/h1-3,10,14,17H,4-7,9H2. The zero-order valence-corrected chi connectivity index (χ0v) is 11.8. The molecule has 3 fully saturated rings. The molecular formula is C14H16BrN3. The molecule has 1 unspecified atom stereocenters. The molecule has 0 saturated carbocycles. The van der Waals surface area contributed by atoms with Crippen molar-refractivity contribution in [3.8, 4) is 6.07 Å². The molecule has 0 spiro atoms. The number of nitrogens with one attached hydrogen (secondary N) is 1. The third-order valence-electron chi connectivity index (χ3n) is 4.12. The molecule has 4 heteroatoms. The highest BCUT2D eigenvalue weighted by molar-refractivity contribution is 9.10. The minimum absolute atomic E-state index is 0.494. The van der Waals surface area contributed by atoms with Crippen molar-refractivity contribution in [3.05, 3.63) is 28.2 Å². The molecule has 1 aromatic rings. The molecule has 1 aromatic carbocycles. The topological polar surface area (TPSA) is 39.1 Å². The summed E-state index contributed by atoms with van der Waals surface area (Å²) in [4.78, 5) is 2.52. The van der Waals surface area contributed by atoms with Gasteiger partial charge in [-0.3, -0.25) is 0 Å². The van der Waals surface area contributed by atoms with Crippen molar-refractivity contribution in [2.75, 3.05) is 25.0 Å². The Bertz CT molecular complexity index is 486. The predicted octanol–water partition coefficient (Wildman–Crippen LogP) is 2.83. The summed E-state index contributed by atoms with van der Waals surface area (Å²) < 4.78 is 0.872. The van der Waals surface area contributed by atoms with Crippen LogP contribution in [0.1, 0.15) is 18.4 Å². The maximum absolute atomic E-state index is 9.23. The fraction of sp³-hybridized carbons (Fsp3) is 0.500. The smallest absolute Gasteiger partial charge is 0.103 e. The minimum Gasteiger partial charge on any atom is -0.380 e. The van der Waals surface area contributed by atoms with Crippen LogP contribution < -0.4 is 5.32 Å². The Morgan fingerprint density at radius 1 is 1.33 bits per heavy atom. The maximum atomic E-state index is 9.23. The maximum Gasteiger partial charge on any atom is 0.103 e. The lowest BCUT2D eigenvalue weighted by molar-refractivity contribution is 0.0975. The van der Waals surface area contributed by atoms with E-state index in [-0.39, 0.29) is 0 Å². The average Bonchev–Trinajstić information content (AvgIpc) is 2.40. The van der Waals surface area contributed by atoms with E-state index in [1.807, 2.05) is 18.2 Å². The Labute approximate surface area is 116 Å². The van der Waals surface area contributed by atoms with Crippen molar-refractivity contribution in [2.45, 2.75) is 18.9 Å². The number of fused-ring (bicyclic) bond motifs is 3. The zero-order chi connectivity index (χ0) is 12.5. The van der Waals surface area contributed by atoms with E-state index in [2.05, 4.69) is 32.2 Å². The highest BCUT2D eigenvalue weighted by Gasteiger charge is 2.34. The molecule has 0 aliphatic carbocycles. The highest BCUT2D eigenvalue weighted by atomic mass is 79.9. The molecule has 0 radical (unpaired) electrons. The number of nitriles is 1. The SMILES string of the molecule is N#Cc1c(Br)cccc1NC1CN2CCC1CC2. The number of benzene rings is 1. The first kappa shape index (κ1) is 12.0. The lowest BCUT2D eigenvalue weighted by Gasteiger charge is -2.45. The van der Waals surface area contributed by atoms with E-state index in [1.54, 1.807) is 0 Å². The molecule has 3 aliphatic rings. The quantitative estimate of drug-likeness (QED) is 0.913. The third-order valence-corrected chi connectivity index (χ3v) is 4.78. The second kappa shape index (κ2) is 4.91. The number of nitrogens with zero attached hydrogens (tertiary/aromatic N) is 2. The molecule has 3 saturated heterocycles. The number of rotatable bonds is 2. The zero-order valence-electron chi connectivity index (χ0n) is 10.2. The summed E-state index contributed by atoms with van der Waals surface area (Å²) in [7, 11) is 0. The van der Waals surface area contributed by atoms with E-state index >= 15 is 0 Å². The first-order chi connectivity index (χ1) is 8.78. The van der Waals surface area contributed by atoms with Crippen LogP contribution in [-0.4, -0.2) is 30.6 Å². The fourth-order valence-corrected chi connectivity index (χ4v) is 3.54. The largest absolute Gasteiger partial charge is 0.380 e. The Balaban J connectivity index is 1.81. The molecule has 0 amide bonds. The van der Waals surface area contributed by atoms with Crippen molar-refractivity contribution in [3.63, 3.8) is 0 Å². The van der Waals surface area contributed by atoms with Gasteiger partial charge in [0.2, 0.25) is 0 Å². The Morgan fingerprint density at radius 3 is 2.72 bits per heavy atom. The minimum atomic E-state index is 0.494. The number of hydrogen-bond donors (Lipinski definition) is 1. The number of anilines is 1. The van der Waals surface area contributed by atoms with Gasteiger partial charge in [-0.1, -0.05) is 6.07 Å². The third kappa shape index (κ3) is 2.13. The second-order valence-corrected chi connectivity index (χ2v) is 6.02. The van der Waals surface area contributed by atoms with E-state index in [0.29, 0.717) is 11.6 Å². The van der Waals surface area contributed by atoms with Crippen LogP contribution in [0, 0.1) is 17.2 Å². The van der Waals surface area contributed by atoms with E-state index in [1.165, 1.54) is 25.9 Å². The lowest BCUT2D eigenvalue weighted by Crippen LogP contribution is -2.53. The Morgan fingerprint density at radius 2 is 2.11 bits per heavy atom. The molecule has 1 atom stereocenters. The number of piperidine rings is 3. The van der Waals surface area contributed by atoms with Gasteiger partial charge in [0.05, 0.1) is 11.3 Å². The summed E-state index contributed by atoms with van der Waals surface area (Å²) >= 11 is 3.44. The molecule has 0 aromatic heterocycles. The van der Waals surface area contributed by atoms with Crippen LogP contribution in [-0.2, 0) is 0 Å². The summed E-state index contributed by atoms with van der Waals surface area (Å²) in [5.41, 5.74) is 1.68. The first-order valence-corrected chi connectivity index (χ1v) is 7.25. The molecule has 18 heavy (non-hydrogen) atoms. The molecule has 1 N–H and O–H groups in total.